The quantitative estimate of drug-likeness (QED) is 0.753. The van der Waals surface area contributed by atoms with Crippen molar-refractivity contribution in [2.24, 2.45) is 0 Å². The van der Waals surface area contributed by atoms with Gasteiger partial charge in [-0.05, 0) is 42.0 Å². The van der Waals surface area contributed by atoms with Crippen LogP contribution in [0.2, 0.25) is 0 Å². The topological polar surface area (TPSA) is 86.8 Å². The predicted octanol–water partition coefficient (Wildman–Crippen LogP) is 2.93. The maximum absolute atomic E-state index is 12.8. The molecule has 3 aromatic rings. The molecule has 2 aromatic heterocycles. The number of carbonyl (C=O) groups excluding carboxylic acids is 1. The summed E-state index contributed by atoms with van der Waals surface area (Å²) in [5.41, 5.74) is 0.825. The van der Waals surface area contributed by atoms with E-state index in [1.54, 1.807) is 42.5 Å². The summed E-state index contributed by atoms with van der Waals surface area (Å²) < 4.78 is 5.32. The van der Waals surface area contributed by atoms with Crippen LogP contribution in [0.4, 0.5) is 0 Å². The molecule has 1 aromatic carbocycles. The van der Waals surface area contributed by atoms with Gasteiger partial charge in [0.25, 0.3) is 5.91 Å². The van der Waals surface area contributed by atoms with Crippen LogP contribution in [0.1, 0.15) is 21.8 Å². The van der Waals surface area contributed by atoms with E-state index < -0.39 is 5.91 Å². The number of aromatic hydroxyl groups is 2. The number of benzene rings is 1. The molecule has 0 spiro atoms. The highest BCUT2D eigenvalue weighted by atomic mass is 16.3. The number of carbonyl (C=O) groups is 1. The Morgan fingerprint density at radius 1 is 1.04 bits per heavy atom. The van der Waals surface area contributed by atoms with Crippen LogP contribution in [0.25, 0.3) is 0 Å². The lowest BCUT2D eigenvalue weighted by molar-refractivity contribution is 0.0708. The minimum Gasteiger partial charge on any atom is -0.508 e. The van der Waals surface area contributed by atoms with Gasteiger partial charge in [0.05, 0.1) is 12.8 Å². The minimum atomic E-state index is -0.405. The first kappa shape index (κ1) is 15.6. The summed E-state index contributed by atoms with van der Waals surface area (Å²) in [6.45, 7) is 0.526. The van der Waals surface area contributed by atoms with Crippen molar-refractivity contribution in [1.29, 1.82) is 0 Å². The van der Waals surface area contributed by atoms with Crippen LogP contribution in [-0.4, -0.2) is 26.0 Å². The molecule has 2 N–H and O–H groups in total. The van der Waals surface area contributed by atoms with Gasteiger partial charge in [-0.3, -0.25) is 4.79 Å². The van der Waals surface area contributed by atoms with Crippen LogP contribution < -0.4 is 0 Å². The van der Waals surface area contributed by atoms with E-state index in [0.717, 1.165) is 5.56 Å². The summed E-state index contributed by atoms with van der Waals surface area (Å²) in [5.74, 6) is 0.206. The molecule has 0 saturated heterocycles. The number of phenolic OH excluding ortho intramolecular Hbond substituents is 1. The molecule has 2 heterocycles. The van der Waals surface area contributed by atoms with Crippen molar-refractivity contribution in [2.75, 3.05) is 0 Å². The highest BCUT2D eigenvalue weighted by Crippen LogP contribution is 2.20. The fourth-order valence-electron chi connectivity index (χ4n) is 2.32. The number of rotatable bonds is 5. The number of aromatic nitrogens is 1. The fraction of sp³-hybridized carbons (Fsp3) is 0.111. The molecule has 24 heavy (non-hydrogen) atoms. The average molecular weight is 324 g/mol. The highest BCUT2D eigenvalue weighted by Gasteiger charge is 2.21. The largest absolute Gasteiger partial charge is 0.508 e. The number of amides is 1. The lowest BCUT2D eigenvalue weighted by Gasteiger charge is -2.22. The molecule has 0 saturated carbocycles. The molecule has 0 unspecified atom stereocenters. The molecule has 0 radical (unpaired) electrons. The fourth-order valence-corrected chi connectivity index (χ4v) is 2.32. The zero-order chi connectivity index (χ0) is 16.9. The first-order chi connectivity index (χ1) is 11.6. The second-order valence-corrected chi connectivity index (χ2v) is 5.28. The van der Waals surface area contributed by atoms with Gasteiger partial charge in [0.1, 0.15) is 17.3 Å². The van der Waals surface area contributed by atoms with Crippen molar-refractivity contribution in [3.8, 4) is 11.5 Å². The van der Waals surface area contributed by atoms with Gasteiger partial charge in [0.15, 0.2) is 5.69 Å². The molecule has 0 fully saturated rings. The van der Waals surface area contributed by atoms with E-state index in [2.05, 4.69) is 4.98 Å². The van der Waals surface area contributed by atoms with E-state index in [4.69, 9.17) is 4.42 Å². The first-order valence-corrected chi connectivity index (χ1v) is 7.37. The molecule has 0 atom stereocenters. The molecule has 0 aliphatic rings. The molecule has 1 amide bonds. The van der Waals surface area contributed by atoms with Gasteiger partial charge in [-0.2, -0.15) is 0 Å². The first-order valence-electron chi connectivity index (χ1n) is 7.37. The lowest BCUT2D eigenvalue weighted by atomic mass is 10.2. The van der Waals surface area contributed by atoms with Crippen LogP contribution in [0.15, 0.2) is 65.4 Å². The second kappa shape index (κ2) is 6.87. The standard InChI is InChI=1S/C18H16N2O4/c21-14-7-5-13(6-8-14)11-20(12-15-3-2-10-24-15)18(23)17-16(22)4-1-9-19-17/h1-10,21-22H,11-12H2. The summed E-state index contributed by atoms with van der Waals surface area (Å²) in [5, 5.41) is 19.3. The Morgan fingerprint density at radius 3 is 2.50 bits per heavy atom. The van der Waals surface area contributed by atoms with Gasteiger partial charge in [-0.1, -0.05) is 12.1 Å². The summed E-state index contributed by atoms with van der Waals surface area (Å²) in [7, 11) is 0. The van der Waals surface area contributed by atoms with Crippen molar-refractivity contribution in [3.05, 3.63) is 78.0 Å². The molecule has 0 bridgehead atoms. The SMILES string of the molecule is O=C(c1ncccc1O)N(Cc1ccc(O)cc1)Cc1ccco1. The van der Waals surface area contributed by atoms with Crippen molar-refractivity contribution in [2.45, 2.75) is 13.1 Å². The van der Waals surface area contributed by atoms with Gasteiger partial charge in [-0.15, -0.1) is 0 Å². The Hall–Kier alpha value is -3.28. The molecule has 6 nitrogen and oxygen atoms in total. The van der Waals surface area contributed by atoms with Crippen molar-refractivity contribution < 1.29 is 19.4 Å². The molecule has 0 aliphatic heterocycles. The predicted molar refractivity (Wildman–Crippen MR) is 86.3 cm³/mol. The second-order valence-electron chi connectivity index (χ2n) is 5.28. The van der Waals surface area contributed by atoms with Crippen molar-refractivity contribution in [1.82, 2.24) is 9.88 Å². The van der Waals surface area contributed by atoms with Gasteiger partial charge in [0, 0.05) is 12.7 Å². The Kier molecular flexibility index (Phi) is 4.47. The Bertz CT molecular complexity index is 813. The van der Waals surface area contributed by atoms with E-state index >= 15 is 0 Å². The summed E-state index contributed by atoms with van der Waals surface area (Å²) in [6, 6.07) is 13.1. The van der Waals surface area contributed by atoms with Gasteiger partial charge < -0.3 is 19.5 Å². The Morgan fingerprint density at radius 2 is 1.83 bits per heavy atom. The van der Waals surface area contributed by atoms with E-state index in [1.165, 1.54) is 23.4 Å². The molecule has 0 aliphatic carbocycles. The third-order valence-corrected chi connectivity index (χ3v) is 3.51. The molecule has 6 heteroatoms. The van der Waals surface area contributed by atoms with Crippen LogP contribution >= 0.6 is 0 Å². The van der Waals surface area contributed by atoms with E-state index in [1.807, 2.05) is 0 Å². The minimum absolute atomic E-state index is 0.0113. The summed E-state index contributed by atoms with van der Waals surface area (Å²) >= 11 is 0. The van der Waals surface area contributed by atoms with Crippen LogP contribution in [-0.2, 0) is 13.1 Å². The van der Waals surface area contributed by atoms with Gasteiger partial charge in [0.2, 0.25) is 0 Å². The normalized spacial score (nSPS) is 10.5. The number of furan rings is 1. The third kappa shape index (κ3) is 3.55. The van der Waals surface area contributed by atoms with Gasteiger partial charge >= 0.3 is 0 Å². The number of hydrogen-bond acceptors (Lipinski definition) is 5. The summed E-state index contributed by atoms with van der Waals surface area (Å²) in [6.07, 6.45) is 3.00. The highest BCUT2D eigenvalue weighted by molar-refractivity contribution is 5.94. The molecular weight excluding hydrogens is 308 g/mol. The van der Waals surface area contributed by atoms with Crippen LogP contribution in [0, 0.1) is 0 Å². The molecule has 3 rings (SSSR count). The van der Waals surface area contributed by atoms with Crippen LogP contribution in [0.5, 0.6) is 11.5 Å². The zero-order valence-corrected chi connectivity index (χ0v) is 12.8. The number of hydrogen-bond donors (Lipinski definition) is 2. The smallest absolute Gasteiger partial charge is 0.277 e. The Labute approximate surface area is 138 Å². The Balaban J connectivity index is 1.87. The monoisotopic (exact) mass is 324 g/mol. The average Bonchev–Trinajstić information content (AvgIpc) is 3.09. The maximum atomic E-state index is 12.8. The number of nitrogens with zero attached hydrogens (tertiary/aromatic N) is 2. The van der Waals surface area contributed by atoms with Crippen molar-refractivity contribution in [3.63, 3.8) is 0 Å². The van der Waals surface area contributed by atoms with Crippen molar-refractivity contribution >= 4 is 5.91 Å². The number of phenols is 1. The maximum Gasteiger partial charge on any atom is 0.277 e. The van der Waals surface area contributed by atoms with E-state index in [0.29, 0.717) is 5.76 Å². The van der Waals surface area contributed by atoms with E-state index in [-0.39, 0.29) is 30.3 Å². The molecular formula is C18H16N2O4. The zero-order valence-electron chi connectivity index (χ0n) is 12.8. The van der Waals surface area contributed by atoms with Crippen LogP contribution in [0.3, 0.4) is 0 Å². The summed E-state index contributed by atoms with van der Waals surface area (Å²) in [4.78, 5) is 18.3. The van der Waals surface area contributed by atoms with Gasteiger partial charge in [-0.25, -0.2) is 4.98 Å². The lowest BCUT2D eigenvalue weighted by Crippen LogP contribution is -2.30. The third-order valence-electron chi connectivity index (χ3n) is 3.51. The number of pyridine rings is 1. The molecule has 122 valence electrons. The van der Waals surface area contributed by atoms with E-state index in [9.17, 15) is 15.0 Å².